The van der Waals surface area contributed by atoms with Crippen LogP contribution in [0.1, 0.15) is 76.2 Å². The Morgan fingerprint density at radius 3 is 0.787 bits per heavy atom. The topological polar surface area (TPSA) is 119 Å². The maximum absolute atomic E-state index is 10.9. The Balaban J connectivity index is 3.92. The third-order valence-corrected chi connectivity index (χ3v) is 6.56. The highest BCUT2D eigenvalue weighted by atomic mass is 16.6. The lowest BCUT2D eigenvalue weighted by molar-refractivity contribution is -0.146. The van der Waals surface area contributed by atoms with E-state index >= 15 is 0 Å². The molecule has 0 saturated carbocycles. The van der Waals surface area contributed by atoms with Crippen LogP contribution in [0.5, 0.6) is 0 Å². The number of esters is 1. The van der Waals surface area contributed by atoms with Crippen molar-refractivity contribution in [2.45, 2.75) is 137 Å². The quantitative estimate of drug-likeness (QED) is 0.0719. The van der Waals surface area contributed by atoms with E-state index in [0.717, 1.165) is 0 Å². The monoisotopic (exact) mass is 680 g/mol. The maximum Gasteiger partial charge on any atom is 0.302 e. The van der Waals surface area contributed by atoms with Crippen molar-refractivity contribution in [3.63, 3.8) is 0 Å². The van der Waals surface area contributed by atoms with Gasteiger partial charge in [0, 0.05) is 6.92 Å². The van der Waals surface area contributed by atoms with Gasteiger partial charge in [0.05, 0.1) is 127 Å². The van der Waals surface area contributed by atoms with Crippen molar-refractivity contribution in [2.24, 2.45) is 0 Å². The summed E-state index contributed by atoms with van der Waals surface area (Å²) in [5.41, 5.74) is 0. The number of hydrogen-bond donors (Lipinski definition) is 0. The lowest BCUT2D eigenvalue weighted by Crippen LogP contribution is -2.30. The molecule has 0 amide bonds. The molecule has 0 radical (unpaired) electrons. The summed E-state index contributed by atoms with van der Waals surface area (Å²) < 4.78 is 63.1. The number of ether oxygens (including phenoxy) is 11. The fraction of sp³-hybridized carbons (Fsp3) is 0.914. The predicted molar refractivity (Wildman–Crippen MR) is 181 cm³/mol. The average Bonchev–Trinajstić information content (AvgIpc) is 3.04. The standard InChI is InChI=1S/C35H68O12/c1-13-14-37-25(2)15-38-26(3)16-39-27(4)17-40-28(5)18-41-29(6)19-42-30(7)20-43-31(8)21-44-32(9)22-45-33(10)23-46-34(11)24-47-35(12)36/h13,25-34H,1,14-24H2,2-12H3. The van der Waals surface area contributed by atoms with Crippen LogP contribution in [0, 0.1) is 0 Å². The van der Waals surface area contributed by atoms with Gasteiger partial charge in [-0.15, -0.1) is 6.58 Å². The number of carbonyl (C=O) groups excluding carboxylic acids is 1. The first kappa shape index (κ1) is 45.8. The number of rotatable bonds is 32. The second-order valence-electron chi connectivity index (χ2n) is 12.5. The Hall–Kier alpha value is -1.19. The second-order valence-corrected chi connectivity index (χ2v) is 12.5. The summed E-state index contributed by atoms with van der Waals surface area (Å²) in [4.78, 5) is 10.9. The van der Waals surface area contributed by atoms with Crippen LogP contribution < -0.4 is 0 Å². The minimum atomic E-state index is -0.318. The summed E-state index contributed by atoms with van der Waals surface area (Å²) in [5.74, 6) is -0.318. The van der Waals surface area contributed by atoms with Crippen molar-refractivity contribution in [1.82, 2.24) is 0 Å². The molecule has 0 aromatic heterocycles. The van der Waals surface area contributed by atoms with Gasteiger partial charge < -0.3 is 52.1 Å². The molecule has 10 unspecified atom stereocenters. The first-order chi connectivity index (χ1) is 22.2. The molecule has 12 heteroatoms. The van der Waals surface area contributed by atoms with E-state index in [1.807, 2.05) is 69.2 Å². The molecule has 0 aliphatic carbocycles. The van der Waals surface area contributed by atoms with Gasteiger partial charge in [-0.2, -0.15) is 0 Å². The molecule has 0 aliphatic rings. The van der Waals surface area contributed by atoms with Crippen molar-refractivity contribution < 1.29 is 56.9 Å². The molecule has 0 aromatic carbocycles. The van der Waals surface area contributed by atoms with Gasteiger partial charge >= 0.3 is 5.97 Å². The smallest absolute Gasteiger partial charge is 0.302 e. The van der Waals surface area contributed by atoms with E-state index in [4.69, 9.17) is 52.1 Å². The van der Waals surface area contributed by atoms with Crippen molar-refractivity contribution in [3.05, 3.63) is 12.7 Å². The molecule has 0 aromatic rings. The normalized spacial score (nSPS) is 18.4. The highest BCUT2D eigenvalue weighted by Gasteiger charge is 2.15. The fourth-order valence-corrected chi connectivity index (χ4v) is 3.65. The minimum Gasteiger partial charge on any atom is -0.463 e. The van der Waals surface area contributed by atoms with Crippen LogP contribution in [-0.4, -0.2) is 140 Å². The van der Waals surface area contributed by atoms with Crippen LogP contribution in [0.2, 0.25) is 0 Å². The molecule has 0 aliphatic heterocycles. The minimum absolute atomic E-state index is 0.0106. The van der Waals surface area contributed by atoms with Gasteiger partial charge in [0.15, 0.2) is 0 Å². The lowest BCUT2D eigenvalue weighted by atomic mass is 10.3. The zero-order valence-electron chi connectivity index (χ0n) is 31.2. The van der Waals surface area contributed by atoms with Gasteiger partial charge in [0.1, 0.15) is 6.61 Å². The van der Waals surface area contributed by atoms with Crippen LogP contribution in [0.4, 0.5) is 0 Å². The number of hydrogen-bond acceptors (Lipinski definition) is 12. The van der Waals surface area contributed by atoms with E-state index in [1.165, 1.54) is 6.92 Å². The molecule has 0 heterocycles. The Kier molecular flexibility index (Phi) is 27.9. The van der Waals surface area contributed by atoms with E-state index in [1.54, 1.807) is 6.08 Å². The molecule has 10 atom stereocenters. The Bertz CT molecular complexity index is 756. The highest BCUT2D eigenvalue weighted by Crippen LogP contribution is 2.06. The highest BCUT2D eigenvalue weighted by molar-refractivity contribution is 5.65. The van der Waals surface area contributed by atoms with Gasteiger partial charge in [-0.25, -0.2) is 0 Å². The third-order valence-electron chi connectivity index (χ3n) is 6.56. The van der Waals surface area contributed by atoms with Crippen LogP contribution in [0.15, 0.2) is 12.7 Å². The van der Waals surface area contributed by atoms with E-state index in [-0.39, 0.29) is 73.6 Å². The van der Waals surface area contributed by atoms with E-state index in [9.17, 15) is 4.79 Å². The zero-order valence-corrected chi connectivity index (χ0v) is 31.2. The Labute approximate surface area is 285 Å². The van der Waals surface area contributed by atoms with E-state index in [0.29, 0.717) is 66.1 Å². The van der Waals surface area contributed by atoms with E-state index < -0.39 is 0 Å². The van der Waals surface area contributed by atoms with Crippen LogP contribution >= 0.6 is 0 Å². The molecule has 0 N–H and O–H groups in total. The van der Waals surface area contributed by atoms with Crippen LogP contribution in [0.3, 0.4) is 0 Å². The molecule has 280 valence electrons. The Morgan fingerprint density at radius 2 is 0.596 bits per heavy atom. The summed E-state index contributed by atoms with van der Waals surface area (Å²) in [6.07, 6.45) is 0.905. The zero-order chi connectivity index (χ0) is 35.6. The molecule has 0 fully saturated rings. The first-order valence-electron chi connectivity index (χ1n) is 17.1. The van der Waals surface area contributed by atoms with Crippen LogP contribution in [0.25, 0.3) is 0 Å². The first-order valence-corrected chi connectivity index (χ1v) is 17.1. The SMILES string of the molecule is C=CCOC(C)COC(C)COC(C)COC(C)COC(C)COC(C)COC(C)COC(C)COC(C)COC(C)COC(C)=O. The van der Waals surface area contributed by atoms with Crippen molar-refractivity contribution in [1.29, 1.82) is 0 Å². The predicted octanol–water partition coefficient (Wildman–Crippen LogP) is 4.79. The summed E-state index contributed by atoms with van der Waals surface area (Å²) in [6.45, 7) is 29.5. The molecule has 0 spiro atoms. The maximum atomic E-state index is 10.9. The molecule has 0 rings (SSSR count). The van der Waals surface area contributed by atoms with Gasteiger partial charge in [0.25, 0.3) is 0 Å². The molecule has 47 heavy (non-hydrogen) atoms. The van der Waals surface area contributed by atoms with Gasteiger partial charge in [-0.05, 0) is 69.2 Å². The average molecular weight is 681 g/mol. The van der Waals surface area contributed by atoms with Crippen LogP contribution in [-0.2, 0) is 56.9 Å². The molecule has 0 saturated heterocycles. The van der Waals surface area contributed by atoms with Gasteiger partial charge in [0.2, 0.25) is 0 Å². The molecule has 12 nitrogen and oxygen atoms in total. The van der Waals surface area contributed by atoms with Crippen molar-refractivity contribution >= 4 is 5.97 Å². The number of carbonyl (C=O) groups is 1. The molecular formula is C35H68O12. The summed E-state index contributed by atoms with van der Waals surface area (Å²) in [6, 6.07) is 0. The summed E-state index contributed by atoms with van der Waals surface area (Å²) in [5, 5.41) is 0. The van der Waals surface area contributed by atoms with E-state index in [2.05, 4.69) is 6.58 Å². The lowest BCUT2D eigenvalue weighted by Gasteiger charge is -2.23. The molecule has 0 bridgehead atoms. The second kappa shape index (κ2) is 28.6. The van der Waals surface area contributed by atoms with Gasteiger partial charge in [-0.1, -0.05) is 6.08 Å². The fourth-order valence-electron chi connectivity index (χ4n) is 3.65. The summed E-state index contributed by atoms with van der Waals surface area (Å²) in [7, 11) is 0. The van der Waals surface area contributed by atoms with Crippen molar-refractivity contribution in [2.75, 3.05) is 72.7 Å². The summed E-state index contributed by atoms with van der Waals surface area (Å²) >= 11 is 0. The molecular weight excluding hydrogens is 612 g/mol. The Morgan fingerprint density at radius 1 is 0.404 bits per heavy atom. The van der Waals surface area contributed by atoms with Crippen molar-refractivity contribution in [3.8, 4) is 0 Å². The third kappa shape index (κ3) is 29.4. The largest absolute Gasteiger partial charge is 0.463 e. The van der Waals surface area contributed by atoms with Gasteiger partial charge in [-0.3, -0.25) is 4.79 Å².